The van der Waals surface area contributed by atoms with Crippen LogP contribution in [0, 0.1) is 6.92 Å². The van der Waals surface area contributed by atoms with Crippen molar-refractivity contribution in [2.24, 2.45) is 0 Å². The van der Waals surface area contributed by atoms with Crippen LogP contribution in [0.25, 0.3) is 0 Å². The monoisotopic (exact) mass is 449 g/mol. The van der Waals surface area contributed by atoms with Crippen LogP contribution in [0.15, 0.2) is 24.3 Å². The molecule has 0 aliphatic carbocycles. The number of alkyl carbamates (subject to hydrolysis) is 1. The van der Waals surface area contributed by atoms with Gasteiger partial charge in [-0.15, -0.1) is 0 Å². The first-order chi connectivity index (χ1) is 14.9. The molecule has 0 spiro atoms. The first kappa shape index (κ1) is 27.4. The molecule has 8 heteroatoms. The maximum atomic E-state index is 13.5. The van der Waals surface area contributed by atoms with Crippen molar-refractivity contribution in [3.05, 3.63) is 35.4 Å². The van der Waals surface area contributed by atoms with Crippen LogP contribution in [0.5, 0.6) is 0 Å². The zero-order chi connectivity index (χ0) is 24.5. The molecule has 3 amide bonds. The van der Waals surface area contributed by atoms with Crippen LogP contribution >= 0.6 is 0 Å². The number of carbonyl (C=O) groups is 3. The van der Waals surface area contributed by atoms with Gasteiger partial charge in [-0.2, -0.15) is 0 Å². The molecule has 8 nitrogen and oxygen atoms in total. The molecule has 2 atom stereocenters. The van der Waals surface area contributed by atoms with E-state index >= 15 is 0 Å². The van der Waals surface area contributed by atoms with Gasteiger partial charge in [0.1, 0.15) is 17.7 Å². The summed E-state index contributed by atoms with van der Waals surface area (Å²) in [5.74, 6) is -0.870. The largest absolute Gasteiger partial charge is 0.444 e. The fourth-order valence-electron chi connectivity index (χ4n) is 3.26. The number of aliphatic hydroxyl groups excluding tert-OH is 1. The summed E-state index contributed by atoms with van der Waals surface area (Å²) in [7, 11) is 0. The minimum Gasteiger partial charge on any atom is -0.444 e. The number of amides is 3. The number of nitrogens with one attached hydrogen (secondary N) is 2. The van der Waals surface area contributed by atoms with Gasteiger partial charge in [0, 0.05) is 12.6 Å². The van der Waals surface area contributed by atoms with Gasteiger partial charge in [-0.1, -0.05) is 43.2 Å². The van der Waals surface area contributed by atoms with Crippen molar-refractivity contribution >= 4 is 17.9 Å². The second kappa shape index (κ2) is 12.4. The van der Waals surface area contributed by atoms with E-state index in [0.29, 0.717) is 12.1 Å². The van der Waals surface area contributed by atoms with Gasteiger partial charge in [-0.05, 0) is 53.5 Å². The lowest BCUT2D eigenvalue weighted by Crippen LogP contribution is -2.56. The number of aliphatic hydroxyl groups is 1. The first-order valence-corrected chi connectivity index (χ1v) is 11.2. The smallest absolute Gasteiger partial charge is 0.408 e. The van der Waals surface area contributed by atoms with E-state index in [1.54, 1.807) is 40.7 Å². The second-order valence-electron chi connectivity index (χ2n) is 9.18. The number of aryl methyl sites for hydroxylation is 1. The van der Waals surface area contributed by atoms with Crippen molar-refractivity contribution in [3.8, 4) is 0 Å². The number of unbranched alkanes of at least 4 members (excludes halogenated alkanes) is 1. The quantitative estimate of drug-likeness (QED) is 0.476. The second-order valence-corrected chi connectivity index (χ2v) is 9.18. The van der Waals surface area contributed by atoms with Crippen molar-refractivity contribution < 1.29 is 24.2 Å². The number of ether oxygens (including phenoxy) is 1. The zero-order valence-electron chi connectivity index (χ0n) is 20.4. The number of rotatable bonds is 10. The van der Waals surface area contributed by atoms with Gasteiger partial charge in [-0.25, -0.2) is 4.79 Å². The third-order valence-corrected chi connectivity index (χ3v) is 4.70. The number of hydrogen-bond donors (Lipinski definition) is 3. The summed E-state index contributed by atoms with van der Waals surface area (Å²) < 4.78 is 5.22. The van der Waals surface area contributed by atoms with Gasteiger partial charge in [0.2, 0.25) is 11.8 Å². The summed E-state index contributed by atoms with van der Waals surface area (Å²) in [4.78, 5) is 40.3. The Bertz CT molecular complexity index is 773. The van der Waals surface area contributed by atoms with Crippen LogP contribution in [0.2, 0.25) is 0 Å². The predicted octanol–water partition coefficient (Wildman–Crippen LogP) is 3.08. The Morgan fingerprint density at radius 3 is 2.34 bits per heavy atom. The van der Waals surface area contributed by atoms with Crippen molar-refractivity contribution in [1.82, 2.24) is 15.5 Å². The molecule has 0 saturated carbocycles. The van der Waals surface area contributed by atoms with Gasteiger partial charge in [0.25, 0.3) is 0 Å². The predicted molar refractivity (Wildman–Crippen MR) is 124 cm³/mol. The molecule has 32 heavy (non-hydrogen) atoms. The van der Waals surface area contributed by atoms with Gasteiger partial charge in [0.05, 0.1) is 6.61 Å². The van der Waals surface area contributed by atoms with E-state index in [4.69, 9.17) is 4.74 Å². The van der Waals surface area contributed by atoms with E-state index < -0.39 is 36.3 Å². The molecule has 1 aromatic rings. The number of carbonyl (C=O) groups excluding carboxylic acids is 3. The fourth-order valence-corrected chi connectivity index (χ4v) is 3.26. The van der Waals surface area contributed by atoms with E-state index in [1.165, 1.54) is 4.90 Å². The van der Waals surface area contributed by atoms with E-state index in [0.717, 1.165) is 18.4 Å². The van der Waals surface area contributed by atoms with Crippen molar-refractivity contribution in [3.63, 3.8) is 0 Å². The Kier molecular flexibility index (Phi) is 10.7. The molecule has 0 fully saturated rings. The molecule has 0 aliphatic heterocycles. The highest BCUT2D eigenvalue weighted by Crippen LogP contribution is 2.25. The van der Waals surface area contributed by atoms with Gasteiger partial charge in [-0.3, -0.25) is 9.59 Å². The average Bonchev–Trinajstić information content (AvgIpc) is 2.68. The van der Waals surface area contributed by atoms with E-state index in [-0.39, 0.29) is 11.9 Å². The third-order valence-electron chi connectivity index (χ3n) is 4.70. The molecular formula is C24H39N3O5. The normalized spacial score (nSPS) is 13.3. The SMILES string of the molecule is CCCCNC(=O)C(c1cccc(C)c1)N(C(=O)C(CO)NC(=O)OC(C)(C)C)C(C)C. The third kappa shape index (κ3) is 8.49. The highest BCUT2D eigenvalue weighted by atomic mass is 16.6. The molecule has 0 heterocycles. The van der Waals surface area contributed by atoms with E-state index in [2.05, 4.69) is 10.6 Å². The standard InChI is InChI=1S/C24H39N3O5/c1-8-9-13-25-21(29)20(18-12-10-11-17(4)14-18)27(16(2)3)22(30)19(15-28)26-23(31)32-24(5,6)7/h10-12,14,16,19-20,28H,8-9,13,15H2,1-7H3,(H,25,29)(H,26,31). The molecular weight excluding hydrogens is 410 g/mol. The van der Waals surface area contributed by atoms with Gasteiger partial charge >= 0.3 is 6.09 Å². The summed E-state index contributed by atoms with van der Waals surface area (Å²) in [6.45, 7) is 12.5. The molecule has 0 aromatic heterocycles. The highest BCUT2D eigenvalue weighted by Gasteiger charge is 2.37. The minimum absolute atomic E-state index is 0.306. The van der Waals surface area contributed by atoms with Crippen LogP contribution in [0.3, 0.4) is 0 Å². The maximum Gasteiger partial charge on any atom is 0.408 e. The van der Waals surface area contributed by atoms with Crippen LogP contribution in [-0.2, 0) is 14.3 Å². The van der Waals surface area contributed by atoms with Crippen molar-refractivity contribution in [2.75, 3.05) is 13.2 Å². The van der Waals surface area contributed by atoms with Crippen molar-refractivity contribution in [2.45, 2.75) is 85.0 Å². The lowest BCUT2D eigenvalue weighted by molar-refractivity contribution is -0.145. The summed E-state index contributed by atoms with van der Waals surface area (Å²) in [5.41, 5.74) is 0.860. The zero-order valence-corrected chi connectivity index (χ0v) is 20.4. The van der Waals surface area contributed by atoms with Crippen LogP contribution in [-0.4, -0.2) is 58.8 Å². The fraction of sp³-hybridized carbons (Fsp3) is 0.625. The Morgan fingerprint density at radius 1 is 1.19 bits per heavy atom. The Balaban J connectivity index is 3.29. The number of nitrogens with zero attached hydrogens (tertiary/aromatic N) is 1. The van der Waals surface area contributed by atoms with Crippen LogP contribution in [0.4, 0.5) is 4.79 Å². The molecule has 2 unspecified atom stereocenters. The lowest BCUT2D eigenvalue weighted by Gasteiger charge is -2.37. The molecule has 0 bridgehead atoms. The van der Waals surface area contributed by atoms with E-state index in [9.17, 15) is 19.5 Å². The molecule has 3 N–H and O–H groups in total. The summed E-state index contributed by atoms with van der Waals surface area (Å²) in [6.07, 6.45) is 0.934. The van der Waals surface area contributed by atoms with Gasteiger partial charge in [0.15, 0.2) is 0 Å². The van der Waals surface area contributed by atoms with Crippen LogP contribution < -0.4 is 10.6 Å². The highest BCUT2D eigenvalue weighted by molar-refractivity contribution is 5.92. The number of benzene rings is 1. The Hall–Kier alpha value is -2.61. The average molecular weight is 450 g/mol. The summed E-state index contributed by atoms with van der Waals surface area (Å²) >= 11 is 0. The topological polar surface area (TPSA) is 108 Å². The first-order valence-electron chi connectivity index (χ1n) is 11.2. The molecule has 0 aliphatic rings. The van der Waals surface area contributed by atoms with E-state index in [1.807, 2.05) is 32.0 Å². The lowest BCUT2D eigenvalue weighted by atomic mass is 9.99. The Morgan fingerprint density at radius 2 is 1.84 bits per heavy atom. The Labute approximate surface area is 191 Å². The minimum atomic E-state index is -1.25. The van der Waals surface area contributed by atoms with Crippen LogP contribution in [0.1, 0.15) is 71.6 Å². The summed E-state index contributed by atoms with van der Waals surface area (Å²) in [5, 5.41) is 15.2. The summed E-state index contributed by atoms with van der Waals surface area (Å²) in [6, 6.07) is 4.88. The van der Waals surface area contributed by atoms with Crippen molar-refractivity contribution in [1.29, 1.82) is 0 Å². The molecule has 1 aromatic carbocycles. The molecule has 0 saturated heterocycles. The molecule has 0 radical (unpaired) electrons. The van der Waals surface area contributed by atoms with Gasteiger partial charge < -0.3 is 25.4 Å². The maximum absolute atomic E-state index is 13.5. The number of hydrogen-bond acceptors (Lipinski definition) is 5. The molecule has 1 rings (SSSR count). The molecule has 180 valence electrons.